The Morgan fingerprint density at radius 2 is 2.05 bits per heavy atom. The van der Waals surface area contributed by atoms with Gasteiger partial charge in [0.25, 0.3) is 0 Å². The average molecular weight is 268 g/mol. The molecule has 2 heterocycles. The number of nitrogens with zero attached hydrogens (tertiary/aromatic N) is 3. The molecule has 0 atom stereocenters. The SMILES string of the molecule is CNCCc1cn(Cc2cnn(C)c2)c2ccccc12. The first-order valence-electron chi connectivity index (χ1n) is 6.97. The topological polar surface area (TPSA) is 34.8 Å². The predicted octanol–water partition coefficient (Wildman–Crippen LogP) is 2.18. The van der Waals surface area contributed by atoms with E-state index in [-0.39, 0.29) is 0 Å². The number of hydrogen-bond donors (Lipinski definition) is 1. The highest BCUT2D eigenvalue weighted by Crippen LogP contribution is 2.22. The minimum absolute atomic E-state index is 0.869. The Balaban J connectivity index is 1.97. The lowest BCUT2D eigenvalue weighted by Crippen LogP contribution is -2.10. The van der Waals surface area contributed by atoms with Gasteiger partial charge in [0.05, 0.1) is 12.7 Å². The van der Waals surface area contributed by atoms with E-state index in [9.17, 15) is 0 Å². The molecular formula is C16H20N4. The zero-order chi connectivity index (χ0) is 13.9. The lowest BCUT2D eigenvalue weighted by atomic mass is 10.1. The number of nitrogens with one attached hydrogen (secondary N) is 1. The van der Waals surface area contributed by atoms with Gasteiger partial charge in [-0.15, -0.1) is 0 Å². The van der Waals surface area contributed by atoms with Gasteiger partial charge in [0.15, 0.2) is 0 Å². The van der Waals surface area contributed by atoms with Gasteiger partial charge in [-0.25, -0.2) is 0 Å². The smallest absolute Gasteiger partial charge is 0.0539 e. The molecular weight excluding hydrogens is 248 g/mol. The van der Waals surface area contributed by atoms with E-state index in [0.717, 1.165) is 19.5 Å². The molecule has 20 heavy (non-hydrogen) atoms. The third-order valence-corrected chi connectivity index (χ3v) is 3.63. The molecule has 0 saturated heterocycles. The molecule has 0 bridgehead atoms. The molecule has 1 N–H and O–H groups in total. The minimum atomic E-state index is 0.869. The number of hydrogen-bond acceptors (Lipinski definition) is 2. The van der Waals surface area contributed by atoms with Crippen molar-refractivity contribution in [3.63, 3.8) is 0 Å². The Bertz CT molecular complexity index is 708. The van der Waals surface area contributed by atoms with Gasteiger partial charge < -0.3 is 9.88 Å². The lowest BCUT2D eigenvalue weighted by Gasteiger charge is -2.02. The first-order chi connectivity index (χ1) is 9.78. The summed E-state index contributed by atoms with van der Waals surface area (Å²) in [5.74, 6) is 0. The highest BCUT2D eigenvalue weighted by Gasteiger charge is 2.08. The summed E-state index contributed by atoms with van der Waals surface area (Å²) in [6.07, 6.45) is 7.33. The maximum absolute atomic E-state index is 4.24. The van der Waals surface area contributed by atoms with Crippen LogP contribution in [-0.4, -0.2) is 27.9 Å². The Morgan fingerprint density at radius 3 is 2.80 bits per heavy atom. The molecule has 0 radical (unpaired) electrons. The van der Waals surface area contributed by atoms with Crippen molar-refractivity contribution in [2.45, 2.75) is 13.0 Å². The summed E-state index contributed by atoms with van der Waals surface area (Å²) in [5.41, 5.74) is 3.93. The van der Waals surface area contributed by atoms with E-state index >= 15 is 0 Å². The molecule has 0 fully saturated rings. The largest absolute Gasteiger partial charge is 0.343 e. The van der Waals surface area contributed by atoms with Crippen molar-refractivity contribution in [3.8, 4) is 0 Å². The van der Waals surface area contributed by atoms with Crippen molar-refractivity contribution in [2.24, 2.45) is 7.05 Å². The molecule has 3 rings (SSSR count). The fraction of sp³-hybridized carbons (Fsp3) is 0.312. The molecule has 104 valence electrons. The second-order valence-corrected chi connectivity index (χ2v) is 5.18. The molecule has 3 aromatic rings. The Labute approximate surface area is 119 Å². The number of aromatic nitrogens is 3. The van der Waals surface area contributed by atoms with Crippen LogP contribution in [0.1, 0.15) is 11.1 Å². The van der Waals surface area contributed by atoms with E-state index < -0.39 is 0 Å². The van der Waals surface area contributed by atoms with E-state index in [4.69, 9.17) is 0 Å². The average Bonchev–Trinajstić information content (AvgIpc) is 3.02. The van der Waals surface area contributed by atoms with Gasteiger partial charge in [-0.2, -0.15) is 5.10 Å². The molecule has 0 unspecified atom stereocenters. The fourth-order valence-corrected chi connectivity index (χ4v) is 2.66. The normalized spacial score (nSPS) is 11.3. The summed E-state index contributed by atoms with van der Waals surface area (Å²) >= 11 is 0. The molecule has 4 heteroatoms. The van der Waals surface area contributed by atoms with Gasteiger partial charge in [0.1, 0.15) is 0 Å². The number of likely N-dealkylation sites (N-methyl/N-ethyl adjacent to an activating group) is 1. The molecule has 1 aromatic carbocycles. The maximum atomic E-state index is 4.24. The van der Waals surface area contributed by atoms with Gasteiger partial charge in [0.2, 0.25) is 0 Å². The van der Waals surface area contributed by atoms with Crippen LogP contribution in [0.3, 0.4) is 0 Å². The number of fused-ring (bicyclic) bond motifs is 1. The van der Waals surface area contributed by atoms with Crippen molar-refractivity contribution in [1.29, 1.82) is 0 Å². The zero-order valence-corrected chi connectivity index (χ0v) is 12.0. The van der Waals surface area contributed by atoms with Gasteiger partial charge >= 0.3 is 0 Å². The molecule has 0 aliphatic rings. The van der Waals surface area contributed by atoms with Crippen molar-refractivity contribution in [1.82, 2.24) is 19.7 Å². The van der Waals surface area contributed by atoms with E-state index in [1.807, 2.05) is 25.0 Å². The fourth-order valence-electron chi connectivity index (χ4n) is 2.66. The third-order valence-electron chi connectivity index (χ3n) is 3.63. The van der Waals surface area contributed by atoms with Crippen molar-refractivity contribution < 1.29 is 0 Å². The van der Waals surface area contributed by atoms with Gasteiger partial charge in [0, 0.05) is 35.9 Å². The molecule has 2 aromatic heterocycles. The second kappa shape index (κ2) is 5.51. The highest BCUT2D eigenvalue weighted by atomic mass is 15.2. The van der Waals surface area contributed by atoms with E-state index in [0.29, 0.717) is 0 Å². The summed E-state index contributed by atoms with van der Waals surface area (Å²) in [4.78, 5) is 0. The Hall–Kier alpha value is -2.07. The molecule has 0 aliphatic carbocycles. The number of rotatable bonds is 5. The van der Waals surface area contributed by atoms with Crippen LogP contribution in [0.5, 0.6) is 0 Å². The van der Waals surface area contributed by atoms with Crippen LogP contribution < -0.4 is 5.32 Å². The summed E-state index contributed by atoms with van der Waals surface area (Å²) < 4.78 is 4.17. The molecule has 0 amide bonds. The summed E-state index contributed by atoms with van der Waals surface area (Å²) in [6, 6.07) is 8.61. The first kappa shape index (κ1) is 12.9. The molecule has 0 spiro atoms. The van der Waals surface area contributed by atoms with Gasteiger partial charge in [-0.3, -0.25) is 4.68 Å². The Morgan fingerprint density at radius 1 is 1.20 bits per heavy atom. The predicted molar refractivity (Wildman–Crippen MR) is 81.9 cm³/mol. The monoisotopic (exact) mass is 268 g/mol. The minimum Gasteiger partial charge on any atom is -0.343 e. The van der Waals surface area contributed by atoms with E-state index in [1.54, 1.807) is 0 Å². The van der Waals surface area contributed by atoms with Crippen LogP contribution in [0.2, 0.25) is 0 Å². The molecule has 4 nitrogen and oxygen atoms in total. The van der Waals surface area contributed by atoms with Crippen LogP contribution >= 0.6 is 0 Å². The number of aryl methyl sites for hydroxylation is 1. The van der Waals surface area contributed by atoms with Gasteiger partial charge in [-0.1, -0.05) is 18.2 Å². The summed E-state index contributed by atoms with van der Waals surface area (Å²) in [6.45, 7) is 1.87. The highest BCUT2D eigenvalue weighted by molar-refractivity contribution is 5.84. The summed E-state index contributed by atoms with van der Waals surface area (Å²) in [7, 11) is 3.95. The maximum Gasteiger partial charge on any atom is 0.0539 e. The zero-order valence-electron chi connectivity index (χ0n) is 12.0. The standard InChI is InChI=1S/C16H20N4/c1-17-8-7-14-12-20(11-13-9-18-19(2)10-13)16-6-4-3-5-15(14)16/h3-6,9-10,12,17H,7-8,11H2,1-2H3. The third kappa shape index (κ3) is 2.47. The van der Waals surface area contributed by atoms with Crippen LogP contribution in [0.15, 0.2) is 42.9 Å². The van der Waals surface area contributed by atoms with Crippen LogP contribution in [0.4, 0.5) is 0 Å². The van der Waals surface area contributed by atoms with Crippen molar-refractivity contribution in [3.05, 3.63) is 54.0 Å². The van der Waals surface area contributed by atoms with E-state index in [2.05, 4.69) is 51.6 Å². The number of benzene rings is 1. The Kier molecular flexibility index (Phi) is 3.56. The molecule has 0 aliphatic heterocycles. The van der Waals surface area contributed by atoms with Crippen LogP contribution in [0, 0.1) is 0 Å². The molecule has 0 saturated carbocycles. The second-order valence-electron chi connectivity index (χ2n) is 5.18. The first-order valence-corrected chi connectivity index (χ1v) is 6.97. The van der Waals surface area contributed by atoms with Gasteiger partial charge in [-0.05, 0) is 31.6 Å². The quantitative estimate of drug-likeness (QED) is 0.770. The van der Waals surface area contributed by atoms with Crippen molar-refractivity contribution >= 4 is 10.9 Å². The van der Waals surface area contributed by atoms with Crippen LogP contribution in [-0.2, 0) is 20.0 Å². The summed E-state index contributed by atoms with van der Waals surface area (Å²) in [5, 5.41) is 8.82. The van der Waals surface area contributed by atoms with Crippen molar-refractivity contribution in [2.75, 3.05) is 13.6 Å². The van der Waals surface area contributed by atoms with E-state index in [1.165, 1.54) is 22.0 Å². The lowest BCUT2D eigenvalue weighted by molar-refractivity contribution is 0.763. The number of para-hydroxylation sites is 1. The van der Waals surface area contributed by atoms with Crippen LogP contribution in [0.25, 0.3) is 10.9 Å².